The summed E-state index contributed by atoms with van der Waals surface area (Å²) >= 11 is 0. The molecule has 7 heteroatoms. The summed E-state index contributed by atoms with van der Waals surface area (Å²) in [6, 6.07) is 0. The Morgan fingerprint density at radius 3 is 1.67 bits per heavy atom. The van der Waals surface area contributed by atoms with Crippen LogP contribution in [0, 0.1) is 0 Å². The molecule has 2 N–H and O–H groups in total. The van der Waals surface area contributed by atoms with Crippen molar-refractivity contribution in [2.75, 3.05) is 6.61 Å². The van der Waals surface area contributed by atoms with Crippen molar-refractivity contribution in [3.05, 3.63) is 0 Å². The first-order valence-electron chi connectivity index (χ1n) is 7.30. The summed E-state index contributed by atoms with van der Waals surface area (Å²) in [6.45, 7) is 2.48. The average Bonchev–Trinajstić information content (AvgIpc) is 2.43. The number of esters is 1. The van der Waals surface area contributed by atoms with Crippen LogP contribution in [0.5, 0.6) is 0 Å². The topological polar surface area (TPSA) is 78.6 Å². The summed E-state index contributed by atoms with van der Waals surface area (Å²) in [7, 11) is 0. The molecule has 0 aliphatic rings. The van der Waals surface area contributed by atoms with Crippen LogP contribution >= 0.6 is 0 Å². The molecule has 0 fully saturated rings. The van der Waals surface area contributed by atoms with E-state index in [1.54, 1.807) is 0 Å². The molecule has 0 aromatic carbocycles. The molecule has 5 nitrogen and oxygen atoms in total. The number of hydrogen-bond donors (Lipinski definition) is 1. The molecule has 0 rings (SSSR count). The third kappa shape index (κ3) is 18.9. The second-order valence-electron chi connectivity index (χ2n) is 4.72. The van der Waals surface area contributed by atoms with E-state index in [9.17, 15) is 9.59 Å². The van der Waals surface area contributed by atoms with E-state index in [1.807, 2.05) is 0 Å². The van der Waals surface area contributed by atoms with E-state index in [1.165, 1.54) is 44.9 Å². The van der Waals surface area contributed by atoms with Crippen molar-refractivity contribution in [3.8, 4) is 0 Å². The molecule has 0 atom stereocenters. The van der Waals surface area contributed by atoms with Crippen molar-refractivity contribution in [2.24, 2.45) is 5.90 Å². The average molecular weight is 321 g/mol. The van der Waals surface area contributed by atoms with Crippen molar-refractivity contribution in [2.45, 2.75) is 71.1 Å². The molecule has 0 bridgehead atoms. The minimum Gasteiger partial charge on any atom is -1.00 e. The molecule has 0 saturated carbocycles. The summed E-state index contributed by atoms with van der Waals surface area (Å²) < 4.78 is 4.67. The van der Waals surface area contributed by atoms with Crippen LogP contribution in [0.4, 0.5) is 0 Å². The Morgan fingerprint density at radius 2 is 1.24 bits per heavy atom. The van der Waals surface area contributed by atoms with E-state index in [4.69, 9.17) is 0 Å². The first kappa shape index (κ1) is 26.8. The van der Waals surface area contributed by atoms with Gasteiger partial charge in [-0.1, -0.05) is 64.7 Å². The molecule has 0 unspecified atom stereocenters. The number of hydrogen-bond acceptors (Lipinski definition) is 5. The number of carbonyl (C=O) groups excluding carboxylic acids is 2. The fraction of sp³-hybridized carbons (Fsp3) is 0.857. The standard InChI is InChI=1S/C14H27NO4.2Na.2H/c1-2-3-4-5-6-7-8-9-10-11-12-18-13(16)14(17)19-15;;;;/h2-12,15H2,1H3;;;;/q;2*+1;2*-1. The zero-order chi connectivity index (χ0) is 14.3. The van der Waals surface area contributed by atoms with Gasteiger partial charge in [0, 0.05) is 0 Å². The molecule has 0 radical (unpaired) electrons. The van der Waals surface area contributed by atoms with E-state index >= 15 is 0 Å². The molecule has 0 aliphatic heterocycles. The molecule has 0 aromatic rings. The zero-order valence-corrected chi connectivity index (χ0v) is 18.0. The van der Waals surface area contributed by atoms with Crippen LogP contribution in [-0.4, -0.2) is 18.5 Å². The molecule has 0 heterocycles. The van der Waals surface area contributed by atoms with Gasteiger partial charge >= 0.3 is 71.1 Å². The van der Waals surface area contributed by atoms with Gasteiger partial charge in [0.15, 0.2) is 0 Å². The van der Waals surface area contributed by atoms with Gasteiger partial charge in [0.2, 0.25) is 0 Å². The largest absolute Gasteiger partial charge is 1.00 e. The Hall–Kier alpha value is 0.900. The van der Waals surface area contributed by atoms with Crippen LogP contribution in [0.15, 0.2) is 0 Å². The van der Waals surface area contributed by atoms with Gasteiger partial charge in [-0.2, -0.15) is 5.90 Å². The molecule has 0 aromatic heterocycles. The fourth-order valence-corrected chi connectivity index (χ4v) is 1.86. The molecular weight excluding hydrogens is 292 g/mol. The third-order valence-electron chi connectivity index (χ3n) is 3.00. The quantitative estimate of drug-likeness (QED) is 0.145. The van der Waals surface area contributed by atoms with Crippen molar-refractivity contribution in [1.29, 1.82) is 0 Å². The predicted molar refractivity (Wildman–Crippen MR) is 75.3 cm³/mol. The second-order valence-corrected chi connectivity index (χ2v) is 4.72. The van der Waals surface area contributed by atoms with Crippen LogP contribution in [0.1, 0.15) is 74.0 Å². The van der Waals surface area contributed by atoms with E-state index in [2.05, 4.69) is 22.4 Å². The van der Waals surface area contributed by atoms with Crippen molar-refractivity contribution >= 4 is 11.9 Å². The Balaban J connectivity index is -0.000000270. The molecule has 0 aliphatic carbocycles. The summed E-state index contributed by atoms with van der Waals surface area (Å²) in [5.41, 5.74) is 0. The summed E-state index contributed by atoms with van der Waals surface area (Å²) in [5, 5.41) is 0. The van der Waals surface area contributed by atoms with Crippen molar-refractivity contribution in [1.82, 2.24) is 0 Å². The number of nitrogens with two attached hydrogens (primary N) is 1. The van der Waals surface area contributed by atoms with Crippen molar-refractivity contribution < 1.29 is 81.1 Å². The number of carbonyl (C=O) groups is 2. The number of ether oxygens (including phenoxy) is 1. The molecule has 21 heavy (non-hydrogen) atoms. The van der Waals surface area contributed by atoms with Gasteiger partial charge < -0.3 is 12.4 Å². The SMILES string of the molecule is CCCCCCCCCCCCOC(=O)C(=O)ON.[H-].[H-].[Na+].[Na+]. The van der Waals surface area contributed by atoms with Gasteiger partial charge in [0.05, 0.1) is 6.61 Å². The minimum absolute atomic E-state index is 0. The Morgan fingerprint density at radius 1 is 0.810 bits per heavy atom. The number of unbranched alkanes of at least 4 members (excludes halogenated alkanes) is 9. The monoisotopic (exact) mass is 321 g/mol. The maximum absolute atomic E-state index is 10.9. The Bertz CT molecular complexity index is 263. The van der Waals surface area contributed by atoms with E-state index in [0.29, 0.717) is 0 Å². The van der Waals surface area contributed by atoms with Crippen LogP contribution in [0.25, 0.3) is 0 Å². The maximum Gasteiger partial charge on any atom is 1.00 e. The Labute approximate surface area is 175 Å². The van der Waals surface area contributed by atoms with Gasteiger partial charge in [0.1, 0.15) is 0 Å². The summed E-state index contributed by atoms with van der Waals surface area (Å²) in [4.78, 5) is 25.2. The van der Waals surface area contributed by atoms with Crippen LogP contribution in [0.3, 0.4) is 0 Å². The number of rotatable bonds is 11. The van der Waals surface area contributed by atoms with Crippen LogP contribution in [0.2, 0.25) is 0 Å². The van der Waals surface area contributed by atoms with Crippen molar-refractivity contribution in [3.63, 3.8) is 0 Å². The maximum atomic E-state index is 10.9. The molecule has 0 spiro atoms. The van der Waals surface area contributed by atoms with Crippen LogP contribution in [-0.2, 0) is 19.2 Å². The summed E-state index contributed by atoms with van der Waals surface area (Å²) in [6.07, 6.45) is 12.1. The van der Waals surface area contributed by atoms with E-state index in [-0.39, 0.29) is 68.6 Å². The van der Waals surface area contributed by atoms with Crippen LogP contribution < -0.4 is 65.0 Å². The minimum atomic E-state index is -1.15. The van der Waals surface area contributed by atoms with Gasteiger partial charge in [0.25, 0.3) is 0 Å². The third-order valence-corrected chi connectivity index (χ3v) is 3.00. The van der Waals surface area contributed by atoms with Gasteiger partial charge in [-0.3, -0.25) is 0 Å². The smallest absolute Gasteiger partial charge is 1.00 e. The fourth-order valence-electron chi connectivity index (χ4n) is 1.86. The first-order chi connectivity index (χ1) is 9.22. The predicted octanol–water partition coefficient (Wildman–Crippen LogP) is -2.90. The van der Waals surface area contributed by atoms with Gasteiger partial charge in [-0.05, 0) is 6.42 Å². The van der Waals surface area contributed by atoms with Gasteiger partial charge in [-0.25, -0.2) is 9.59 Å². The molecule has 0 amide bonds. The van der Waals surface area contributed by atoms with Gasteiger partial charge in [-0.15, -0.1) is 0 Å². The normalized spacial score (nSPS) is 9.24. The molecular formula is C14H29NNa2O4. The Kier molecular flexibility index (Phi) is 26.7. The summed E-state index contributed by atoms with van der Waals surface area (Å²) in [5.74, 6) is 2.39. The molecule has 116 valence electrons. The second kappa shape index (κ2) is 20.9. The molecule has 0 saturated heterocycles. The first-order valence-corrected chi connectivity index (χ1v) is 7.30. The van der Waals surface area contributed by atoms with E-state index < -0.39 is 11.9 Å². The van der Waals surface area contributed by atoms with E-state index in [0.717, 1.165) is 19.3 Å². The zero-order valence-electron chi connectivity index (χ0n) is 16.0.